The SMILES string of the molecule is O=C1CNC(C2CCCC2)N1CC1CCCS1. The van der Waals surface area contributed by atoms with Gasteiger partial charge in [-0.25, -0.2) is 0 Å². The topological polar surface area (TPSA) is 32.3 Å². The van der Waals surface area contributed by atoms with Gasteiger partial charge in [0.2, 0.25) is 5.91 Å². The molecule has 0 spiro atoms. The minimum Gasteiger partial charge on any atom is -0.325 e. The molecular formula is C13H22N2OS. The van der Waals surface area contributed by atoms with Gasteiger partial charge in [-0.15, -0.1) is 0 Å². The molecule has 0 aromatic heterocycles. The largest absolute Gasteiger partial charge is 0.325 e. The van der Waals surface area contributed by atoms with Gasteiger partial charge in [-0.1, -0.05) is 12.8 Å². The average molecular weight is 254 g/mol. The Bertz CT molecular complexity index is 285. The second-order valence-corrected chi connectivity index (χ2v) is 6.96. The Hall–Kier alpha value is -0.220. The zero-order chi connectivity index (χ0) is 11.7. The Morgan fingerprint density at radius 1 is 1.24 bits per heavy atom. The fourth-order valence-corrected chi connectivity index (χ4v) is 4.74. The monoisotopic (exact) mass is 254 g/mol. The predicted octanol–water partition coefficient (Wildman–Crippen LogP) is 1.83. The van der Waals surface area contributed by atoms with Gasteiger partial charge in [0.1, 0.15) is 0 Å². The van der Waals surface area contributed by atoms with Crippen LogP contribution in [0, 0.1) is 5.92 Å². The van der Waals surface area contributed by atoms with Crippen molar-refractivity contribution in [1.82, 2.24) is 10.2 Å². The number of carbonyl (C=O) groups excluding carboxylic acids is 1. The summed E-state index contributed by atoms with van der Waals surface area (Å²) in [6.45, 7) is 1.55. The molecule has 3 fully saturated rings. The van der Waals surface area contributed by atoms with Crippen LogP contribution in [-0.2, 0) is 4.79 Å². The number of hydrogen-bond acceptors (Lipinski definition) is 3. The fraction of sp³-hybridized carbons (Fsp3) is 0.923. The first-order valence-corrected chi connectivity index (χ1v) is 8.04. The summed E-state index contributed by atoms with van der Waals surface area (Å²) in [4.78, 5) is 14.1. The molecule has 3 aliphatic rings. The standard InChI is InChI=1S/C13H22N2OS/c16-12-8-14-13(10-4-1-2-5-10)15(12)9-11-6-3-7-17-11/h10-11,13-14H,1-9H2. The first-order chi connectivity index (χ1) is 8.34. The van der Waals surface area contributed by atoms with Crippen LogP contribution < -0.4 is 5.32 Å². The summed E-state index contributed by atoms with van der Waals surface area (Å²) in [5, 5.41) is 4.14. The number of thioether (sulfide) groups is 1. The third-order valence-electron chi connectivity index (χ3n) is 4.39. The molecular weight excluding hydrogens is 232 g/mol. The van der Waals surface area contributed by atoms with E-state index in [0.717, 1.165) is 6.54 Å². The maximum absolute atomic E-state index is 12.0. The number of amides is 1. The van der Waals surface area contributed by atoms with E-state index < -0.39 is 0 Å². The molecule has 4 heteroatoms. The second-order valence-electron chi connectivity index (χ2n) is 5.55. The van der Waals surface area contributed by atoms with Crippen LogP contribution in [0.15, 0.2) is 0 Å². The van der Waals surface area contributed by atoms with Crippen molar-refractivity contribution in [2.45, 2.75) is 49.9 Å². The second kappa shape index (κ2) is 5.19. The van der Waals surface area contributed by atoms with Crippen molar-refractivity contribution in [1.29, 1.82) is 0 Å². The molecule has 3 rings (SSSR count). The van der Waals surface area contributed by atoms with E-state index in [9.17, 15) is 4.79 Å². The molecule has 96 valence electrons. The third kappa shape index (κ3) is 2.48. The van der Waals surface area contributed by atoms with Crippen LogP contribution in [-0.4, -0.2) is 41.1 Å². The van der Waals surface area contributed by atoms with Gasteiger partial charge in [0, 0.05) is 11.8 Å². The van der Waals surface area contributed by atoms with Gasteiger partial charge in [0.25, 0.3) is 0 Å². The molecule has 2 unspecified atom stereocenters. The van der Waals surface area contributed by atoms with E-state index in [1.165, 1.54) is 44.3 Å². The Balaban J connectivity index is 1.63. The van der Waals surface area contributed by atoms with Crippen molar-refractivity contribution in [2.75, 3.05) is 18.8 Å². The molecule has 1 aliphatic carbocycles. The third-order valence-corrected chi connectivity index (χ3v) is 5.77. The summed E-state index contributed by atoms with van der Waals surface area (Å²) in [6.07, 6.45) is 8.29. The molecule has 2 aliphatic heterocycles. The van der Waals surface area contributed by atoms with Crippen LogP contribution in [0.5, 0.6) is 0 Å². The van der Waals surface area contributed by atoms with E-state index in [1.807, 2.05) is 0 Å². The van der Waals surface area contributed by atoms with Gasteiger partial charge >= 0.3 is 0 Å². The number of nitrogens with one attached hydrogen (secondary N) is 1. The van der Waals surface area contributed by atoms with Crippen molar-refractivity contribution >= 4 is 17.7 Å². The fourth-order valence-electron chi connectivity index (χ4n) is 3.48. The minimum atomic E-state index is 0.328. The van der Waals surface area contributed by atoms with Crippen LogP contribution in [0.2, 0.25) is 0 Å². The van der Waals surface area contributed by atoms with Gasteiger partial charge in [-0.2, -0.15) is 11.8 Å². The summed E-state index contributed by atoms with van der Waals surface area (Å²) < 4.78 is 0. The molecule has 2 atom stereocenters. The molecule has 0 aromatic rings. The van der Waals surface area contributed by atoms with Gasteiger partial charge in [0.15, 0.2) is 0 Å². The number of rotatable bonds is 3. The molecule has 2 saturated heterocycles. The van der Waals surface area contributed by atoms with Gasteiger partial charge < -0.3 is 4.90 Å². The van der Waals surface area contributed by atoms with E-state index >= 15 is 0 Å². The Morgan fingerprint density at radius 2 is 2.06 bits per heavy atom. The maximum atomic E-state index is 12.0. The maximum Gasteiger partial charge on any atom is 0.237 e. The van der Waals surface area contributed by atoms with Gasteiger partial charge in [0.05, 0.1) is 12.7 Å². The number of carbonyl (C=O) groups is 1. The molecule has 1 amide bonds. The lowest BCUT2D eigenvalue weighted by Gasteiger charge is -2.30. The highest BCUT2D eigenvalue weighted by Gasteiger charge is 2.38. The van der Waals surface area contributed by atoms with Crippen molar-refractivity contribution < 1.29 is 4.79 Å². The average Bonchev–Trinajstić information content (AvgIpc) is 3.03. The van der Waals surface area contributed by atoms with Crippen LogP contribution >= 0.6 is 11.8 Å². The summed E-state index contributed by atoms with van der Waals surface area (Å²) in [6, 6.07) is 0. The van der Waals surface area contributed by atoms with Crippen molar-refractivity contribution in [3.63, 3.8) is 0 Å². The van der Waals surface area contributed by atoms with Crippen molar-refractivity contribution in [2.24, 2.45) is 5.92 Å². The Labute approximate surface area is 108 Å². The predicted molar refractivity (Wildman–Crippen MR) is 70.9 cm³/mol. The smallest absolute Gasteiger partial charge is 0.237 e. The lowest BCUT2D eigenvalue weighted by atomic mass is 10.0. The summed E-state index contributed by atoms with van der Waals surface area (Å²) >= 11 is 2.05. The molecule has 17 heavy (non-hydrogen) atoms. The Morgan fingerprint density at radius 3 is 2.76 bits per heavy atom. The van der Waals surface area contributed by atoms with E-state index in [4.69, 9.17) is 0 Å². The molecule has 1 saturated carbocycles. The Kier molecular flexibility index (Phi) is 3.61. The highest BCUT2D eigenvalue weighted by Crippen LogP contribution is 2.33. The minimum absolute atomic E-state index is 0.328. The van der Waals surface area contributed by atoms with E-state index in [0.29, 0.717) is 29.8 Å². The number of nitrogens with zero attached hydrogens (tertiary/aromatic N) is 1. The molecule has 3 nitrogen and oxygen atoms in total. The quantitative estimate of drug-likeness (QED) is 0.834. The number of hydrogen-bond donors (Lipinski definition) is 1. The zero-order valence-electron chi connectivity index (χ0n) is 10.4. The highest BCUT2D eigenvalue weighted by atomic mass is 32.2. The molecule has 0 bridgehead atoms. The normalized spacial score (nSPS) is 35.1. The summed E-state index contributed by atoms with van der Waals surface area (Å²) in [5.41, 5.74) is 0. The van der Waals surface area contributed by atoms with Crippen LogP contribution in [0.25, 0.3) is 0 Å². The lowest BCUT2D eigenvalue weighted by molar-refractivity contribution is -0.128. The highest BCUT2D eigenvalue weighted by molar-refractivity contribution is 8.00. The van der Waals surface area contributed by atoms with E-state index in [-0.39, 0.29) is 0 Å². The lowest BCUT2D eigenvalue weighted by Crippen LogP contribution is -2.44. The zero-order valence-corrected chi connectivity index (χ0v) is 11.2. The first kappa shape index (κ1) is 11.8. The molecule has 2 heterocycles. The molecule has 0 aromatic carbocycles. The molecule has 0 radical (unpaired) electrons. The van der Waals surface area contributed by atoms with Crippen LogP contribution in [0.1, 0.15) is 38.5 Å². The van der Waals surface area contributed by atoms with Crippen LogP contribution in [0.3, 0.4) is 0 Å². The van der Waals surface area contributed by atoms with E-state index in [1.54, 1.807) is 0 Å². The first-order valence-electron chi connectivity index (χ1n) is 6.99. The van der Waals surface area contributed by atoms with Crippen molar-refractivity contribution in [3.8, 4) is 0 Å². The van der Waals surface area contributed by atoms with Gasteiger partial charge in [-0.3, -0.25) is 10.1 Å². The van der Waals surface area contributed by atoms with Crippen LogP contribution in [0.4, 0.5) is 0 Å². The van der Waals surface area contributed by atoms with E-state index in [2.05, 4.69) is 22.0 Å². The molecule has 1 N–H and O–H groups in total. The summed E-state index contributed by atoms with van der Waals surface area (Å²) in [7, 11) is 0. The van der Waals surface area contributed by atoms with Crippen molar-refractivity contribution in [3.05, 3.63) is 0 Å². The van der Waals surface area contributed by atoms with Gasteiger partial charge in [-0.05, 0) is 37.4 Å². The summed E-state index contributed by atoms with van der Waals surface area (Å²) in [5.74, 6) is 2.33.